The molecule has 1 atom stereocenters. The second-order valence-corrected chi connectivity index (χ2v) is 8.91. The van der Waals surface area contributed by atoms with E-state index in [0.29, 0.717) is 17.9 Å². The number of benzene rings is 3. The van der Waals surface area contributed by atoms with E-state index in [2.05, 4.69) is 16.0 Å². The van der Waals surface area contributed by atoms with Gasteiger partial charge in [-0.3, -0.25) is 4.79 Å². The monoisotopic (exact) mass is 491 g/mol. The third-order valence-corrected chi connectivity index (χ3v) is 6.37. The molecule has 182 valence electrons. The van der Waals surface area contributed by atoms with E-state index in [1.165, 1.54) is 0 Å². The molecule has 7 heteroatoms. The number of halogens is 1. The van der Waals surface area contributed by atoms with Crippen molar-refractivity contribution in [2.45, 2.75) is 39.3 Å². The zero-order chi connectivity index (χ0) is 24.8. The van der Waals surface area contributed by atoms with Gasteiger partial charge in [-0.25, -0.2) is 4.98 Å². The van der Waals surface area contributed by atoms with Crippen LogP contribution in [0.2, 0.25) is 5.02 Å². The lowest BCUT2D eigenvalue weighted by Gasteiger charge is -2.17. The maximum atomic E-state index is 12.8. The Balaban J connectivity index is 1.41. The minimum Gasteiger partial charge on any atom is -0.497 e. The van der Waals surface area contributed by atoms with Crippen LogP contribution in [0.5, 0.6) is 11.5 Å². The summed E-state index contributed by atoms with van der Waals surface area (Å²) in [5.74, 6) is 2.23. The van der Waals surface area contributed by atoms with Gasteiger partial charge in [-0.15, -0.1) is 0 Å². The highest BCUT2D eigenvalue weighted by Gasteiger charge is 2.19. The summed E-state index contributed by atoms with van der Waals surface area (Å²) in [4.78, 5) is 17.7. The number of unbranched alkanes of at least 4 members (excludes halogenated alkanes) is 1. The number of para-hydroxylation sites is 2. The first-order chi connectivity index (χ1) is 17.0. The molecule has 0 radical (unpaired) electrons. The maximum Gasteiger partial charge on any atom is 0.251 e. The normalized spacial score (nSPS) is 11.9. The molecule has 1 N–H and O–H groups in total. The van der Waals surface area contributed by atoms with Gasteiger partial charge in [0.1, 0.15) is 17.3 Å². The molecule has 35 heavy (non-hydrogen) atoms. The van der Waals surface area contributed by atoms with Gasteiger partial charge >= 0.3 is 0 Å². The quantitative estimate of drug-likeness (QED) is 0.262. The summed E-state index contributed by atoms with van der Waals surface area (Å²) in [6.45, 7) is 5.33. The molecule has 0 aliphatic rings. The first kappa shape index (κ1) is 24.6. The molecule has 4 rings (SSSR count). The third kappa shape index (κ3) is 5.95. The van der Waals surface area contributed by atoms with Crippen LogP contribution in [0.3, 0.4) is 0 Å². The van der Waals surface area contributed by atoms with E-state index < -0.39 is 0 Å². The molecule has 0 fully saturated rings. The van der Waals surface area contributed by atoms with E-state index in [-0.39, 0.29) is 11.9 Å². The molecule has 0 spiro atoms. The van der Waals surface area contributed by atoms with Crippen molar-refractivity contribution in [1.82, 2.24) is 14.9 Å². The van der Waals surface area contributed by atoms with Gasteiger partial charge in [-0.05, 0) is 86.8 Å². The number of nitrogens with zero attached hydrogens (tertiary/aromatic N) is 2. The van der Waals surface area contributed by atoms with Gasteiger partial charge in [0.05, 0.1) is 30.8 Å². The van der Waals surface area contributed by atoms with Gasteiger partial charge in [0, 0.05) is 17.1 Å². The highest BCUT2D eigenvalue weighted by atomic mass is 35.5. The minimum absolute atomic E-state index is 0.148. The third-order valence-electron chi connectivity index (χ3n) is 5.95. The summed E-state index contributed by atoms with van der Waals surface area (Å²) < 4.78 is 13.3. The molecule has 3 aromatic carbocycles. The number of carbonyl (C=O) groups excluding carboxylic acids is 1. The predicted molar refractivity (Wildman–Crippen MR) is 140 cm³/mol. The van der Waals surface area contributed by atoms with Crippen LogP contribution in [-0.2, 0) is 6.54 Å². The average Bonchev–Trinajstić information content (AvgIpc) is 3.24. The molecule has 1 aromatic heterocycles. The molecule has 0 saturated carbocycles. The van der Waals surface area contributed by atoms with Crippen molar-refractivity contribution in [2.24, 2.45) is 0 Å². The van der Waals surface area contributed by atoms with E-state index in [9.17, 15) is 4.79 Å². The lowest BCUT2D eigenvalue weighted by molar-refractivity contribution is 0.0937. The zero-order valence-corrected chi connectivity index (χ0v) is 21.0. The van der Waals surface area contributed by atoms with Crippen LogP contribution >= 0.6 is 11.6 Å². The lowest BCUT2D eigenvalue weighted by atomic mass is 10.2. The van der Waals surface area contributed by atoms with Crippen molar-refractivity contribution in [1.29, 1.82) is 0 Å². The number of methoxy groups -OCH3 is 1. The van der Waals surface area contributed by atoms with Crippen molar-refractivity contribution >= 4 is 28.5 Å². The van der Waals surface area contributed by atoms with Crippen molar-refractivity contribution in [3.8, 4) is 11.5 Å². The lowest BCUT2D eigenvalue weighted by Crippen LogP contribution is -2.28. The van der Waals surface area contributed by atoms with E-state index in [0.717, 1.165) is 52.6 Å². The van der Waals surface area contributed by atoms with Crippen molar-refractivity contribution in [2.75, 3.05) is 13.7 Å². The Bertz CT molecular complexity index is 1300. The molecule has 0 bridgehead atoms. The van der Waals surface area contributed by atoms with Crippen molar-refractivity contribution in [3.63, 3.8) is 0 Å². The summed E-state index contributed by atoms with van der Waals surface area (Å²) in [7, 11) is 1.60. The van der Waals surface area contributed by atoms with Crippen LogP contribution in [0.15, 0.2) is 66.7 Å². The summed E-state index contributed by atoms with van der Waals surface area (Å²) >= 11 is 6.09. The summed E-state index contributed by atoms with van der Waals surface area (Å²) in [5.41, 5.74) is 3.56. The van der Waals surface area contributed by atoms with Crippen LogP contribution in [0.4, 0.5) is 0 Å². The van der Waals surface area contributed by atoms with E-state index in [1.807, 2.05) is 50.2 Å². The highest BCUT2D eigenvalue weighted by Crippen LogP contribution is 2.23. The fraction of sp³-hybridized carbons (Fsp3) is 0.286. The van der Waals surface area contributed by atoms with Crippen LogP contribution in [0.25, 0.3) is 11.0 Å². The number of nitrogens with one attached hydrogen (secondary N) is 1. The predicted octanol–water partition coefficient (Wildman–Crippen LogP) is 6.36. The Hall–Kier alpha value is -3.51. The number of hydrogen-bond donors (Lipinski definition) is 1. The van der Waals surface area contributed by atoms with Crippen LogP contribution in [-0.4, -0.2) is 29.2 Å². The van der Waals surface area contributed by atoms with E-state index >= 15 is 0 Å². The minimum atomic E-state index is -0.259. The fourth-order valence-corrected chi connectivity index (χ4v) is 4.13. The first-order valence-corrected chi connectivity index (χ1v) is 12.1. The maximum absolute atomic E-state index is 12.8. The van der Waals surface area contributed by atoms with Crippen LogP contribution < -0.4 is 14.8 Å². The summed E-state index contributed by atoms with van der Waals surface area (Å²) in [5, 5.41) is 3.83. The average molecular weight is 492 g/mol. The molecule has 0 aliphatic carbocycles. The Kier molecular flexibility index (Phi) is 7.93. The van der Waals surface area contributed by atoms with Gasteiger partial charge < -0.3 is 19.4 Å². The van der Waals surface area contributed by atoms with Crippen LogP contribution in [0.1, 0.15) is 47.6 Å². The first-order valence-electron chi connectivity index (χ1n) is 11.8. The molecule has 1 unspecified atom stereocenters. The van der Waals surface area contributed by atoms with Gasteiger partial charge in [0.2, 0.25) is 0 Å². The number of aromatic nitrogens is 2. The number of ether oxygens (including phenoxy) is 2. The van der Waals surface area contributed by atoms with Gasteiger partial charge in [-0.2, -0.15) is 0 Å². The Morgan fingerprint density at radius 2 is 1.80 bits per heavy atom. The number of amides is 1. The van der Waals surface area contributed by atoms with Crippen molar-refractivity contribution < 1.29 is 14.3 Å². The SMILES string of the molecule is COc1ccc(C(=O)NC(C)c2nc3ccccc3n2CCCCOc2ccc(Cl)c(C)c2)cc1. The molecule has 4 aromatic rings. The second kappa shape index (κ2) is 11.3. The van der Waals surface area contributed by atoms with Crippen molar-refractivity contribution in [3.05, 3.63) is 88.7 Å². The van der Waals surface area contributed by atoms with Gasteiger partial charge in [0.15, 0.2) is 0 Å². The Morgan fingerprint density at radius 1 is 1.06 bits per heavy atom. The standard InChI is InChI=1S/C28H30ClN3O3/c1-19-18-23(14-15-24(19)29)35-17-7-6-16-32-26-9-5-4-8-25(26)31-27(32)20(2)30-28(33)21-10-12-22(34-3)13-11-21/h4-5,8-15,18,20H,6-7,16-17H2,1-3H3,(H,30,33). The number of rotatable bonds is 10. The topological polar surface area (TPSA) is 65.4 Å². The van der Waals surface area contributed by atoms with Gasteiger partial charge in [-0.1, -0.05) is 23.7 Å². The number of aryl methyl sites for hydroxylation is 2. The second-order valence-electron chi connectivity index (χ2n) is 8.50. The van der Waals surface area contributed by atoms with Crippen LogP contribution in [0, 0.1) is 6.92 Å². The number of fused-ring (bicyclic) bond motifs is 1. The van der Waals surface area contributed by atoms with Gasteiger partial charge in [0.25, 0.3) is 5.91 Å². The Morgan fingerprint density at radius 3 is 2.54 bits per heavy atom. The summed E-state index contributed by atoms with van der Waals surface area (Å²) in [6.07, 6.45) is 1.80. The number of hydrogen-bond acceptors (Lipinski definition) is 4. The largest absolute Gasteiger partial charge is 0.497 e. The number of carbonyl (C=O) groups is 1. The molecule has 1 heterocycles. The van der Waals surface area contributed by atoms with E-state index in [4.69, 9.17) is 26.1 Å². The molecule has 6 nitrogen and oxygen atoms in total. The molecule has 0 saturated heterocycles. The smallest absolute Gasteiger partial charge is 0.251 e. The van der Waals surface area contributed by atoms with E-state index in [1.54, 1.807) is 31.4 Å². The highest BCUT2D eigenvalue weighted by molar-refractivity contribution is 6.31. The summed E-state index contributed by atoms with van der Waals surface area (Å²) in [6, 6.07) is 20.6. The number of imidazole rings is 1. The molecular formula is C28H30ClN3O3. The zero-order valence-electron chi connectivity index (χ0n) is 20.3. The fourth-order valence-electron chi connectivity index (χ4n) is 4.02. The Labute approximate surface area is 210 Å². The molecule has 1 amide bonds. The molecule has 0 aliphatic heterocycles. The molecular weight excluding hydrogens is 462 g/mol.